The van der Waals surface area contributed by atoms with Crippen LogP contribution < -0.4 is 5.32 Å². The van der Waals surface area contributed by atoms with Crippen LogP contribution in [0.2, 0.25) is 0 Å². The molecule has 0 saturated carbocycles. The molecule has 0 fully saturated rings. The molecule has 0 aromatic carbocycles. The van der Waals surface area contributed by atoms with Gasteiger partial charge in [-0.25, -0.2) is 0 Å². The average Bonchev–Trinajstić information content (AvgIpc) is 2.08. The summed E-state index contributed by atoms with van der Waals surface area (Å²) in [7, 11) is 0. The number of thioether (sulfide) groups is 1. The SMILES string of the molecule is CC(C)C(C)NC1=NCC(C)(C)CS1. The van der Waals surface area contributed by atoms with E-state index in [2.05, 4.69) is 44.9 Å². The summed E-state index contributed by atoms with van der Waals surface area (Å²) in [5, 5.41) is 4.60. The summed E-state index contributed by atoms with van der Waals surface area (Å²) >= 11 is 1.85. The summed E-state index contributed by atoms with van der Waals surface area (Å²) in [6.07, 6.45) is 0. The third-order valence-corrected chi connectivity index (χ3v) is 4.05. The molecule has 2 nitrogen and oxygen atoms in total. The van der Waals surface area contributed by atoms with Crippen LogP contribution in [0.3, 0.4) is 0 Å². The van der Waals surface area contributed by atoms with Crippen LogP contribution in [0, 0.1) is 11.3 Å². The van der Waals surface area contributed by atoms with Crippen molar-refractivity contribution in [2.24, 2.45) is 16.3 Å². The number of rotatable bonds is 2. The van der Waals surface area contributed by atoms with Gasteiger partial charge in [-0.3, -0.25) is 4.99 Å². The quantitative estimate of drug-likeness (QED) is 0.764. The fourth-order valence-corrected chi connectivity index (χ4v) is 2.13. The van der Waals surface area contributed by atoms with E-state index in [1.54, 1.807) is 0 Å². The molecule has 3 heteroatoms. The highest BCUT2D eigenvalue weighted by molar-refractivity contribution is 8.13. The monoisotopic (exact) mass is 214 g/mol. The van der Waals surface area contributed by atoms with E-state index >= 15 is 0 Å². The van der Waals surface area contributed by atoms with Crippen LogP contribution in [-0.4, -0.2) is 23.5 Å². The zero-order valence-electron chi connectivity index (χ0n) is 9.92. The Labute approximate surface area is 92.0 Å². The van der Waals surface area contributed by atoms with Crippen LogP contribution in [0.25, 0.3) is 0 Å². The average molecular weight is 214 g/mol. The van der Waals surface area contributed by atoms with E-state index in [9.17, 15) is 0 Å². The molecule has 0 aromatic heterocycles. The van der Waals surface area contributed by atoms with E-state index < -0.39 is 0 Å². The van der Waals surface area contributed by atoms with Crippen LogP contribution >= 0.6 is 11.8 Å². The Balaban J connectivity index is 2.45. The molecule has 14 heavy (non-hydrogen) atoms. The number of amidine groups is 1. The first kappa shape index (κ1) is 11.9. The first-order valence-corrected chi connectivity index (χ1v) is 6.33. The van der Waals surface area contributed by atoms with Crippen molar-refractivity contribution in [1.82, 2.24) is 5.32 Å². The molecule has 0 bridgehead atoms. The number of hydrogen-bond donors (Lipinski definition) is 1. The lowest BCUT2D eigenvalue weighted by atomic mass is 9.97. The van der Waals surface area contributed by atoms with Crippen LogP contribution in [0.4, 0.5) is 0 Å². The predicted molar refractivity (Wildman–Crippen MR) is 66.0 cm³/mol. The molecule has 1 heterocycles. The van der Waals surface area contributed by atoms with Crippen LogP contribution in [0.15, 0.2) is 4.99 Å². The number of hydrogen-bond acceptors (Lipinski definition) is 3. The molecule has 1 rings (SSSR count). The first-order valence-electron chi connectivity index (χ1n) is 5.34. The number of nitrogens with one attached hydrogen (secondary N) is 1. The minimum atomic E-state index is 0.372. The Morgan fingerprint density at radius 2 is 2.00 bits per heavy atom. The van der Waals surface area contributed by atoms with Gasteiger partial charge in [-0.15, -0.1) is 0 Å². The van der Waals surface area contributed by atoms with E-state index in [1.807, 2.05) is 11.8 Å². The van der Waals surface area contributed by atoms with Gasteiger partial charge in [0.2, 0.25) is 0 Å². The van der Waals surface area contributed by atoms with E-state index in [0.29, 0.717) is 17.4 Å². The van der Waals surface area contributed by atoms with Crippen LogP contribution in [-0.2, 0) is 0 Å². The normalized spacial score (nSPS) is 23.1. The van der Waals surface area contributed by atoms with Gasteiger partial charge in [0.1, 0.15) is 0 Å². The van der Waals surface area contributed by atoms with Gasteiger partial charge >= 0.3 is 0 Å². The zero-order valence-corrected chi connectivity index (χ0v) is 10.7. The maximum Gasteiger partial charge on any atom is 0.156 e. The molecule has 1 N–H and O–H groups in total. The maximum absolute atomic E-state index is 4.57. The Bertz CT molecular complexity index is 221. The molecule has 0 radical (unpaired) electrons. The second-order valence-electron chi connectivity index (χ2n) is 5.25. The lowest BCUT2D eigenvalue weighted by Crippen LogP contribution is -2.38. The van der Waals surface area contributed by atoms with Gasteiger partial charge in [0.05, 0.1) is 0 Å². The van der Waals surface area contributed by atoms with Gasteiger partial charge in [0, 0.05) is 18.3 Å². The Morgan fingerprint density at radius 1 is 1.36 bits per heavy atom. The molecule has 0 spiro atoms. The van der Waals surface area contributed by atoms with E-state index in [-0.39, 0.29) is 0 Å². The van der Waals surface area contributed by atoms with Gasteiger partial charge in [-0.05, 0) is 18.3 Å². The molecule has 1 aliphatic rings. The Kier molecular flexibility index (Phi) is 3.87. The van der Waals surface area contributed by atoms with Crippen molar-refractivity contribution in [2.75, 3.05) is 12.3 Å². The summed E-state index contributed by atoms with van der Waals surface area (Å²) in [4.78, 5) is 4.57. The number of aliphatic imine (C=N–C) groups is 1. The zero-order chi connectivity index (χ0) is 10.8. The molecule has 1 unspecified atom stereocenters. The third-order valence-electron chi connectivity index (χ3n) is 2.60. The maximum atomic E-state index is 4.57. The summed E-state index contributed by atoms with van der Waals surface area (Å²) in [5.74, 6) is 1.83. The highest BCUT2D eigenvalue weighted by Crippen LogP contribution is 2.27. The second kappa shape index (κ2) is 4.56. The van der Waals surface area contributed by atoms with Crippen LogP contribution in [0.1, 0.15) is 34.6 Å². The molecule has 82 valence electrons. The molecule has 0 aromatic rings. The molecular weight excluding hydrogens is 192 g/mol. The Morgan fingerprint density at radius 3 is 2.43 bits per heavy atom. The molecule has 1 aliphatic heterocycles. The standard InChI is InChI=1S/C11H22N2S/c1-8(2)9(3)13-10-12-6-11(4,5)7-14-10/h8-9H,6-7H2,1-5H3,(H,12,13). The van der Waals surface area contributed by atoms with Crippen LogP contribution in [0.5, 0.6) is 0 Å². The fraction of sp³-hybridized carbons (Fsp3) is 0.909. The molecule has 0 saturated heterocycles. The summed E-state index contributed by atoms with van der Waals surface area (Å²) < 4.78 is 0. The van der Waals surface area contributed by atoms with Gasteiger partial charge in [-0.1, -0.05) is 39.5 Å². The van der Waals surface area contributed by atoms with Crippen molar-refractivity contribution >= 4 is 16.9 Å². The molecular formula is C11H22N2S. The molecule has 1 atom stereocenters. The van der Waals surface area contributed by atoms with Crippen molar-refractivity contribution in [1.29, 1.82) is 0 Å². The predicted octanol–water partition coefficient (Wildman–Crippen LogP) is 2.75. The third kappa shape index (κ3) is 3.52. The largest absolute Gasteiger partial charge is 0.362 e. The lowest BCUT2D eigenvalue weighted by molar-refractivity contribution is 0.433. The van der Waals surface area contributed by atoms with Crippen molar-refractivity contribution in [3.63, 3.8) is 0 Å². The Hall–Kier alpha value is -0.180. The highest BCUT2D eigenvalue weighted by Gasteiger charge is 2.24. The minimum absolute atomic E-state index is 0.372. The molecule has 0 amide bonds. The summed E-state index contributed by atoms with van der Waals surface area (Å²) in [6.45, 7) is 12.2. The summed E-state index contributed by atoms with van der Waals surface area (Å²) in [5.41, 5.74) is 0.372. The van der Waals surface area contributed by atoms with Gasteiger partial charge in [0.15, 0.2) is 5.17 Å². The number of nitrogens with zero attached hydrogens (tertiary/aromatic N) is 1. The van der Waals surface area contributed by atoms with Gasteiger partial charge < -0.3 is 5.32 Å². The molecule has 0 aliphatic carbocycles. The summed E-state index contributed by atoms with van der Waals surface area (Å²) in [6, 6.07) is 0.516. The van der Waals surface area contributed by atoms with E-state index in [1.165, 1.54) is 5.75 Å². The fourth-order valence-electron chi connectivity index (χ4n) is 1.09. The van der Waals surface area contributed by atoms with Crippen molar-refractivity contribution < 1.29 is 0 Å². The van der Waals surface area contributed by atoms with Gasteiger partial charge in [0.25, 0.3) is 0 Å². The van der Waals surface area contributed by atoms with Gasteiger partial charge in [-0.2, -0.15) is 0 Å². The van der Waals surface area contributed by atoms with E-state index in [0.717, 1.165) is 11.7 Å². The second-order valence-corrected chi connectivity index (χ2v) is 6.22. The minimum Gasteiger partial charge on any atom is -0.362 e. The highest BCUT2D eigenvalue weighted by atomic mass is 32.2. The lowest BCUT2D eigenvalue weighted by Gasteiger charge is -2.29. The topological polar surface area (TPSA) is 24.4 Å². The van der Waals surface area contributed by atoms with Crippen molar-refractivity contribution in [3.05, 3.63) is 0 Å². The van der Waals surface area contributed by atoms with Crippen molar-refractivity contribution in [3.8, 4) is 0 Å². The van der Waals surface area contributed by atoms with Crippen molar-refractivity contribution in [2.45, 2.75) is 40.7 Å². The first-order chi connectivity index (χ1) is 6.41. The smallest absolute Gasteiger partial charge is 0.156 e. The van der Waals surface area contributed by atoms with E-state index in [4.69, 9.17) is 0 Å².